The fraction of sp³-hybridized carbons (Fsp3) is 0.467. The zero-order valence-electron chi connectivity index (χ0n) is 13.3. The van der Waals surface area contributed by atoms with Crippen LogP contribution in [0.5, 0.6) is 0 Å². The number of rotatable bonds is 7. The first kappa shape index (κ1) is 21.6. The normalized spacial score (nSPS) is 10.0. The summed E-state index contributed by atoms with van der Waals surface area (Å²) in [6.45, 7) is 1.38. The Morgan fingerprint density at radius 1 is 1.30 bits per heavy atom. The van der Waals surface area contributed by atoms with Crippen LogP contribution in [0.2, 0.25) is 0 Å². The summed E-state index contributed by atoms with van der Waals surface area (Å²) >= 11 is 0. The Labute approximate surface area is 147 Å². The third-order valence-electron chi connectivity index (χ3n) is 3.44. The molecule has 0 fully saturated rings. The lowest BCUT2D eigenvalue weighted by atomic mass is 10.3. The molecule has 1 aromatic heterocycles. The molecule has 5 nitrogen and oxygen atoms in total. The Balaban J connectivity index is 0.00000242. The summed E-state index contributed by atoms with van der Waals surface area (Å²) in [6, 6.07) is 4.57. The molecular weight excluding hydrogens is 342 g/mol. The summed E-state index contributed by atoms with van der Waals surface area (Å²) in [5.74, 6) is 0.603. The largest absolute Gasteiger partial charge is 0.356 e. The van der Waals surface area contributed by atoms with Gasteiger partial charge in [-0.1, -0.05) is 0 Å². The van der Waals surface area contributed by atoms with Crippen molar-refractivity contribution in [2.75, 3.05) is 20.1 Å². The number of imidazole rings is 1. The van der Waals surface area contributed by atoms with Gasteiger partial charge in [0.25, 0.3) is 0 Å². The van der Waals surface area contributed by atoms with Gasteiger partial charge in [0, 0.05) is 32.5 Å². The molecule has 0 aliphatic rings. The van der Waals surface area contributed by atoms with Gasteiger partial charge >= 0.3 is 0 Å². The maximum absolute atomic E-state index is 13.2. The first-order chi connectivity index (χ1) is 10.1. The Kier molecular flexibility index (Phi) is 9.79. The van der Waals surface area contributed by atoms with Gasteiger partial charge in [-0.05, 0) is 32.1 Å². The molecule has 2 N–H and O–H groups in total. The lowest BCUT2D eigenvalue weighted by Crippen LogP contribution is -2.26. The number of hydrogen-bond acceptors (Lipinski definition) is 3. The van der Waals surface area contributed by atoms with Crippen molar-refractivity contribution in [1.82, 2.24) is 20.2 Å². The number of carbonyl (C=O) groups is 1. The van der Waals surface area contributed by atoms with E-state index in [4.69, 9.17) is 0 Å². The number of nitrogens with one attached hydrogen (secondary N) is 2. The average Bonchev–Trinajstić information content (AvgIpc) is 2.75. The van der Waals surface area contributed by atoms with Crippen LogP contribution in [0.4, 0.5) is 4.39 Å². The van der Waals surface area contributed by atoms with Crippen LogP contribution in [-0.4, -0.2) is 35.6 Å². The maximum Gasteiger partial charge on any atom is 0.220 e. The fourth-order valence-electron chi connectivity index (χ4n) is 2.27. The first-order valence-corrected chi connectivity index (χ1v) is 7.14. The number of hydrogen-bond donors (Lipinski definition) is 2. The van der Waals surface area contributed by atoms with Crippen molar-refractivity contribution < 1.29 is 9.18 Å². The number of benzene rings is 1. The van der Waals surface area contributed by atoms with Gasteiger partial charge in [-0.15, -0.1) is 24.8 Å². The molecule has 0 atom stereocenters. The van der Waals surface area contributed by atoms with E-state index in [1.165, 1.54) is 12.1 Å². The molecule has 0 aliphatic carbocycles. The molecule has 0 aliphatic heterocycles. The molecule has 0 saturated heterocycles. The van der Waals surface area contributed by atoms with E-state index < -0.39 is 0 Å². The number of carbonyl (C=O) groups excluding carboxylic acids is 1. The van der Waals surface area contributed by atoms with Crippen LogP contribution in [0.15, 0.2) is 18.2 Å². The third kappa shape index (κ3) is 5.97. The zero-order valence-corrected chi connectivity index (χ0v) is 14.9. The topological polar surface area (TPSA) is 59.0 Å². The van der Waals surface area contributed by atoms with Crippen LogP contribution in [-0.2, 0) is 18.3 Å². The lowest BCUT2D eigenvalue weighted by Gasteiger charge is -2.05. The molecule has 0 spiro atoms. The Hall–Kier alpha value is -1.37. The minimum atomic E-state index is -0.287. The molecular formula is C15H23Cl2FN4O. The highest BCUT2D eigenvalue weighted by atomic mass is 35.5. The summed E-state index contributed by atoms with van der Waals surface area (Å²) < 4.78 is 15.1. The minimum Gasteiger partial charge on any atom is -0.356 e. The summed E-state index contributed by atoms with van der Waals surface area (Å²) in [6.07, 6.45) is 1.98. The number of halogens is 3. The van der Waals surface area contributed by atoms with Crippen molar-refractivity contribution in [3.05, 3.63) is 29.8 Å². The van der Waals surface area contributed by atoms with E-state index in [1.807, 2.05) is 18.7 Å². The molecule has 0 saturated carbocycles. The van der Waals surface area contributed by atoms with Crippen LogP contribution in [0.25, 0.3) is 11.0 Å². The first-order valence-electron chi connectivity index (χ1n) is 7.14. The summed E-state index contributed by atoms with van der Waals surface area (Å²) in [4.78, 5) is 16.0. The van der Waals surface area contributed by atoms with Crippen LogP contribution in [0.1, 0.15) is 18.7 Å². The van der Waals surface area contributed by atoms with Gasteiger partial charge in [-0.2, -0.15) is 0 Å². The van der Waals surface area contributed by atoms with Crippen LogP contribution in [0.3, 0.4) is 0 Å². The highest BCUT2D eigenvalue weighted by Gasteiger charge is 2.09. The highest BCUT2D eigenvalue weighted by molar-refractivity contribution is 5.85. The van der Waals surface area contributed by atoms with Gasteiger partial charge < -0.3 is 15.2 Å². The predicted octanol–water partition coefficient (Wildman–Crippen LogP) is 2.21. The molecule has 0 bridgehead atoms. The molecule has 2 aromatic rings. The highest BCUT2D eigenvalue weighted by Crippen LogP contribution is 2.16. The molecule has 130 valence electrons. The van der Waals surface area contributed by atoms with E-state index in [1.54, 1.807) is 6.07 Å². The Morgan fingerprint density at radius 3 is 2.74 bits per heavy atom. The zero-order chi connectivity index (χ0) is 15.2. The summed E-state index contributed by atoms with van der Waals surface area (Å²) in [5.41, 5.74) is 1.54. The second-order valence-corrected chi connectivity index (χ2v) is 5.03. The van der Waals surface area contributed by atoms with Crippen LogP contribution < -0.4 is 10.6 Å². The van der Waals surface area contributed by atoms with E-state index in [9.17, 15) is 9.18 Å². The number of amides is 1. The average molecular weight is 365 g/mol. The molecule has 0 unspecified atom stereocenters. The minimum absolute atomic E-state index is 0. The van der Waals surface area contributed by atoms with E-state index in [2.05, 4.69) is 15.6 Å². The van der Waals surface area contributed by atoms with E-state index in [-0.39, 0.29) is 36.5 Å². The number of aromatic nitrogens is 2. The Morgan fingerprint density at radius 2 is 2.04 bits per heavy atom. The molecule has 23 heavy (non-hydrogen) atoms. The van der Waals surface area contributed by atoms with Gasteiger partial charge in [-0.3, -0.25) is 4.79 Å². The monoisotopic (exact) mass is 364 g/mol. The van der Waals surface area contributed by atoms with Gasteiger partial charge in [-0.25, -0.2) is 9.37 Å². The summed E-state index contributed by atoms with van der Waals surface area (Å²) in [7, 11) is 3.77. The maximum atomic E-state index is 13.2. The van der Waals surface area contributed by atoms with Crippen molar-refractivity contribution in [2.45, 2.75) is 19.3 Å². The van der Waals surface area contributed by atoms with Crippen LogP contribution in [0, 0.1) is 5.82 Å². The van der Waals surface area contributed by atoms with Crippen molar-refractivity contribution in [3.63, 3.8) is 0 Å². The number of fused-ring (bicyclic) bond motifs is 1. The number of aryl methyl sites for hydroxylation is 1. The van der Waals surface area contributed by atoms with Crippen LogP contribution >= 0.6 is 24.8 Å². The van der Waals surface area contributed by atoms with E-state index in [0.717, 1.165) is 24.3 Å². The second-order valence-electron chi connectivity index (χ2n) is 5.03. The molecule has 0 radical (unpaired) electrons. The molecule has 1 heterocycles. The van der Waals surface area contributed by atoms with Gasteiger partial charge in [0.2, 0.25) is 5.91 Å². The van der Waals surface area contributed by atoms with Crippen molar-refractivity contribution >= 4 is 41.8 Å². The van der Waals surface area contributed by atoms with Crippen molar-refractivity contribution in [2.24, 2.45) is 7.05 Å². The van der Waals surface area contributed by atoms with Crippen molar-refractivity contribution in [3.8, 4) is 0 Å². The molecule has 1 aromatic carbocycles. The van der Waals surface area contributed by atoms with E-state index >= 15 is 0 Å². The Bertz CT molecular complexity index is 633. The standard InChI is InChI=1S/C15H21FN4O.2ClH/c1-17-8-3-4-15(21)18-9-7-14-19-12-10-11(16)5-6-13(12)20(14)2;;/h5-6,10,17H,3-4,7-9H2,1-2H3,(H,18,21);2*1H. The van der Waals surface area contributed by atoms with Crippen molar-refractivity contribution in [1.29, 1.82) is 0 Å². The number of nitrogens with zero attached hydrogens (tertiary/aromatic N) is 2. The van der Waals surface area contributed by atoms with Gasteiger partial charge in [0.1, 0.15) is 11.6 Å². The molecule has 8 heteroatoms. The van der Waals surface area contributed by atoms with Gasteiger partial charge in [0.15, 0.2) is 0 Å². The summed E-state index contributed by atoms with van der Waals surface area (Å²) in [5, 5.41) is 5.89. The van der Waals surface area contributed by atoms with E-state index in [0.29, 0.717) is 24.9 Å². The predicted molar refractivity (Wildman–Crippen MR) is 95.0 cm³/mol. The fourth-order valence-corrected chi connectivity index (χ4v) is 2.27. The quantitative estimate of drug-likeness (QED) is 0.740. The second kappa shape index (κ2) is 10.4. The molecule has 2 rings (SSSR count). The third-order valence-corrected chi connectivity index (χ3v) is 3.44. The SMILES string of the molecule is CNCCCC(=O)NCCc1nc2cc(F)ccc2n1C.Cl.Cl. The lowest BCUT2D eigenvalue weighted by molar-refractivity contribution is -0.121. The molecule has 1 amide bonds. The smallest absolute Gasteiger partial charge is 0.220 e. The van der Waals surface area contributed by atoms with Gasteiger partial charge in [0.05, 0.1) is 11.0 Å².